The van der Waals surface area contributed by atoms with E-state index in [0.29, 0.717) is 5.92 Å². The maximum absolute atomic E-state index is 4.70. The highest BCUT2D eigenvalue weighted by Gasteiger charge is 2.24. The van der Waals surface area contributed by atoms with Gasteiger partial charge in [0.05, 0.1) is 0 Å². The van der Waals surface area contributed by atoms with E-state index in [2.05, 4.69) is 36.9 Å². The molecule has 1 saturated heterocycles. The quantitative estimate of drug-likeness (QED) is 0.799. The number of thiophene rings is 1. The van der Waals surface area contributed by atoms with Crippen LogP contribution in [0.3, 0.4) is 0 Å². The van der Waals surface area contributed by atoms with Crippen LogP contribution < -0.4 is 0 Å². The van der Waals surface area contributed by atoms with Crippen molar-refractivity contribution in [3.05, 3.63) is 52.7 Å². The second-order valence-electron chi connectivity index (χ2n) is 5.99. The van der Waals surface area contributed by atoms with Gasteiger partial charge in [0.2, 0.25) is 0 Å². The van der Waals surface area contributed by atoms with Crippen LogP contribution in [-0.4, -0.2) is 38.2 Å². The lowest BCUT2D eigenvalue weighted by molar-refractivity contribution is 0.197. The summed E-state index contributed by atoms with van der Waals surface area (Å²) in [5.41, 5.74) is 2.37. The Balaban J connectivity index is 1.46. The van der Waals surface area contributed by atoms with Crippen LogP contribution in [0.5, 0.6) is 0 Å². The Hall–Kier alpha value is -2.05. The van der Waals surface area contributed by atoms with Gasteiger partial charge in [-0.05, 0) is 53.9 Å². The van der Waals surface area contributed by atoms with E-state index >= 15 is 0 Å². The van der Waals surface area contributed by atoms with Gasteiger partial charge in [0, 0.05) is 37.0 Å². The van der Waals surface area contributed by atoms with Crippen molar-refractivity contribution in [3.8, 4) is 11.4 Å². The van der Waals surface area contributed by atoms with Crippen molar-refractivity contribution in [1.82, 2.24) is 25.1 Å². The minimum absolute atomic E-state index is 0.431. The zero-order valence-corrected chi connectivity index (χ0v) is 13.7. The number of nitrogens with one attached hydrogen (secondary N) is 1. The molecule has 3 aromatic rings. The third-order valence-electron chi connectivity index (χ3n) is 4.30. The number of likely N-dealkylation sites (tertiary alicyclic amines) is 1. The first-order chi connectivity index (χ1) is 11.4. The fourth-order valence-corrected chi connectivity index (χ4v) is 3.80. The molecule has 0 bridgehead atoms. The summed E-state index contributed by atoms with van der Waals surface area (Å²) < 4.78 is 0. The number of nitrogens with zero attached hydrogens (tertiary/aromatic N) is 4. The predicted molar refractivity (Wildman–Crippen MR) is 91.2 cm³/mol. The SMILES string of the molecule is c1cncc(-c2n[nH]c([C@@H]3CCCN(Cc4ccsc4)C3)n2)c1. The lowest BCUT2D eigenvalue weighted by atomic mass is 9.97. The number of aromatic amines is 1. The topological polar surface area (TPSA) is 57.7 Å². The van der Waals surface area contributed by atoms with Gasteiger partial charge in [-0.25, -0.2) is 4.98 Å². The molecule has 1 N–H and O–H groups in total. The largest absolute Gasteiger partial charge is 0.298 e. The molecule has 0 unspecified atom stereocenters. The van der Waals surface area contributed by atoms with Crippen molar-refractivity contribution >= 4 is 11.3 Å². The molecule has 1 atom stereocenters. The van der Waals surface area contributed by atoms with Crippen molar-refractivity contribution in [2.75, 3.05) is 13.1 Å². The number of hydrogen-bond acceptors (Lipinski definition) is 5. The summed E-state index contributed by atoms with van der Waals surface area (Å²) in [5, 5.41) is 11.9. The molecule has 0 aliphatic carbocycles. The van der Waals surface area contributed by atoms with E-state index in [1.807, 2.05) is 12.1 Å². The van der Waals surface area contributed by atoms with Crippen molar-refractivity contribution in [2.45, 2.75) is 25.3 Å². The Morgan fingerprint density at radius 2 is 2.35 bits per heavy atom. The summed E-state index contributed by atoms with van der Waals surface area (Å²) in [6.07, 6.45) is 5.94. The molecule has 6 heteroatoms. The second-order valence-corrected chi connectivity index (χ2v) is 6.77. The van der Waals surface area contributed by atoms with Gasteiger partial charge in [0.15, 0.2) is 5.82 Å². The molecule has 1 fully saturated rings. The summed E-state index contributed by atoms with van der Waals surface area (Å²) in [7, 11) is 0. The van der Waals surface area contributed by atoms with E-state index in [9.17, 15) is 0 Å². The van der Waals surface area contributed by atoms with E-state index in [1.165, 1.54) is 18.4 Å². The molecule has 0 amide bonds. The molecule has 23 heavy (non-hydrogen) atoms. The highest BCUT2D eigenvalue weighted by molar-refractivity contribution is 7.07. The van der Waals surface area contributed by atoms with Gasteiger partial charge in [-0.2, -0.15) is 16.4 Å². The highest BCUT2D eigenvalue weighted by atomic mass is 32.1. The van der Waals surface area contributed by atoms with E-state index in [1.54, 1.807) is 23.7 Å². The molecule has 4 rings (SSSR count). The molecule has 0 spiro atoms. The third-order valence-corrected chi connectivity index (χ3v) is 5.03. The fourth-order valence-electron chi connectivity index (χ4n) is 3.14. The average molecular weight is 325 g/mol. The fraction of sp³-hybridized carbons (Fsp3) is 0.353. The number of piperidine rings is 1. The summed E-state index contributed by atoms with van der Waals surface area (Å²) in [6.45, 7) is 3.23. The van der Waals surface area contributed by atoms with Gasteiger partial charge in [0.25, 0.3) is 0 Å². The molecule has 0 saturated carbocycles. The van der Waals surface area contributed by atoms with Crippen LogP contribution in [0.4, 0.5) is 0 Å². The zero-order chi connectivity index (χ0) is 15.5. The Labute approximate surface area is 139 Å². The number of hydrogen-bond donors (Lipinski definition) is 1. The first-order valence-corrected chi connectivity index (χ1v) is 8.89. The molecule has 1 aliphatic rings. The first-order valence-electron chi connectivity index (χ1n) is 7.94. The van der Waals surface area contributed by atoms with Crippen LogP contribution in [0.15, 0.2) is 41.4 Å². The molecule has 5 nitrogen and oxygen atoms in total. The molecule has 118 valence electrons. The van der Waals surface area contributed by atoms with Gasteiger partial charge in [-0.15, -0.1) is 0 Å². The van der Waals surface area contributed by atoms with Crippen LogP contribution in [0.25, 0.3) is 11.4 Å². The van der Waals surface area contributed by atoms with Crippen LogP contribution in [0.1, 0.15) is 30.1 Å². The van der Waals surface area contributed by atoms with Gasteiger partial charge in [-0.1, -0.05) is 0 Å². The maximum Gasteiger partial charge on any atom is 0.182 e. The minimum atomic E-state index is 0.431. The molecule has 0 radical (unpaired) electrons. The number of rotatable bonds is 4. The summed E-state index contributed by atoms with van der Waals surface area (Å²) >= 11 is 1.77. The van der Waals surface area contributed by atoms with E-state index < -0.39 is 0 Å². The lowest BCUT2D eigenvalue weighted by Gasteiger charge is -2.31. The monoisotopic (exact) mass is 325 g/mol. The Kier molecular flexibility index (Phi) is 4.17. The lowest BCUT2D eigenvalue weighted by Crippen LogP contribution is -2.34. The van der Waals surface area contributed by atoms with Gasteiger partial charge in [-0.3, -0.25) is 15.0 Å². The number of pyridine rings is 1. The normalized spacial score (nSPS) is 19.0. The average Bonchev–Trinajstić information content (AvgIpc) is 3.28. The standard InChI is InChI=1S/C17H19N5S/c1-3-14(9-18-6-1)16-19-17(21-20-16)15-4-2-7-22(11-15)10-13-5-8-23-12-13/h1,3,5-6,8-9,12,15H,2,4,7,10-11H2,(H,19,20,21)/t15-/m1/s1. The third kappa shape index (κ3) is 3.33. The maximum atomic E-state index is 4.70. The van der Waals surface area contributed by atoms with E-state index in [-0.39, 0.29) is 0 Å². The van der Waals surface area contributed by atoms with E-state index in [4.69, 9.17) is 4.98 Å². The van der Waals surface area contributed by atoms with Crippen LogP contribution in [0, 0.1) is 0 Å². The van der Waals surface area contributed by atoms with Gasteiger partial charge >= 0.3 is 0 Å². The minimum Gasteiger partial charge on any atom is -0.298 e. The molecule has 3 aromatic heterocycles. The smallest absolute Gasteiger partial charge is 0.182 e. The summed E-state index contributed by atoms with van der Waals surface area (Å²) in [6, 6.07) is 6.11. The first kappa shape index (κ1) is 14.5. The van der Waals surface area contributed by atoms with Crippen LogP contribution in [0.2, 0.25) is 0 Å². The summed E-state index contributed by atoms with van der Waals surface area (Å²) in [4.78, 5) is 11.4. The molecule has 1 aliphatic heterocycles. The zero-order valence-electron chi connectivity index (χ0n) is 12.9. The molecular formula is C17H19N5S. The van der Waals surface area contributed by atoms with Crippen LogP contribution in [-0.2, 0) is 6.54 Å². The molecule has 4 heterocycles. The molecular weight excluding hydrogens is 306 g/mol. The highest BCUT2D eigenvalue weighted by Crippen LogP contribution is 2.27. The Morgan fingerprint density at radius 1 is 1.35 bits per heavy atom. The number of H-pyrrole nitrogens is 1. The van der Waals surface area contributed by atoms with Crippen molar-refractivity contribution in [2.24, 2.45) is 0 Å². The summed E-state index contributed by atoms with van der Waals surface area (Å²) in [5.74, 6) is 2.17. The Morgan fingerprint density at radius 3 is 3.17 bits per heavy atom. The predicted octanol–water partition coefficient (Wildman–Crippen LogP) is 3.31. The van der Waals surface area contributed by atoms with Crippen molar-refractivity contribution in [1.29, 1.82) is 0 Å². The Bertz CT molecular complexity index is 737. The second kappa shape index (κ2) is 6.60. The number of aromatic nitrogens is 4. The van der Waals surface area contributed by atoms with Crippen molar-refractivity contribution < 1.29 is 0 Å². The van der Waals surface area contributed by atoms with Crippen LogP contribution >= 0.6 is 11.3 Å². The molecule has 0 aromatic carbocycles. The van der Waals surface area contributed by atoms with E-state index in [0.717, 1.165) is 36.8 Å². The van der Waals surface area contributed by atoms with Gasteiger partial charge in [0.1, 0.15) is 5.82 Å². The van der Waals surface area contributed by atoms with Gasteiger partial charge < -0.3 is 0 Å². The van der Waals surface area contributed by atoms with Crippen molar-refractivity contribution in [3.63, 3.8) is 0 Å².